The Morgan fingerprint density at radius 1 is 1.36 bits per heavy atom. The summed E-state index contributed by atoms with van der Waals surface area (Å²) in [7, 11) is 0. The van der Waals surface area contributed by atoms with Gasteiger partial charge in [0.15, 0.2) is 0 Å². The van der Waals surface area contributed by atoms with E-state index in [9.17, 15) is 8.78 Å². The van der Waals surface area contributed by atoms with Crippen LogP contribution in [0.25, 0.3) is 6.08 Å². The van der Waals surface area contributed by atoms with Crippen LogP contribution in [0, 0.1) is 11.6 Å². The Morgan fingerprint density at radius 2 is 2.00 bits per heavy atom. The molecule has 76 valence electrons. The Morgan fingerprint density at radius 3 is 2.50 bits per heavy atom. The van der Waals surface area contributed by atoms with Crippen LogP contribution in [0.15, 0.2) is 18.2 Å². The Labute approximate surface area is 82.2 Å². The predicted molar refractivity (Wildman–Crippen MR) is 53.7 cm³/mol. The highest BCUT2D eigenvalue weighted by molar-refractivity contribution is 5.54. The van der Waals surface area contributed by atoms with E-state index in [1.54, 1.807) is 26.0 Å². The van der Waals surface area contributed by atoms with Gasteiger partial charge in [0.05, 0.1) is 0 Å². The number of allylic oxidation sites excluding steroid dienone is 1. The monoisotopic (exact) mass is 197 g/mol. The third kappa shape index (κ3) is 2.17. The number of hydrogen-bond donors (Lipinski definition) is 1. The lowest BCUT2D eigenvalue weighted by Crippen LogP contribution is -2.10. The van der Waals surface area contributed by atoms with E-state index in [0.29, 0.717) is 11.1 Å². The molecule has 2 N–H and O–H groups in total. The zero-order chi connectivity index (χ0) is 10.7. The molecule has 1 rings (SSSR count). The van der Waals surface area contributed by atoms with Gasteiger partial charge in [0.1, 0.15) is 11.6 Å². The largest absolute Gasteiger partial charge is 0.324 e. The number of rotatable bonds is 2. The van der Waals surface area contributed by atoms with Crippen molar-refractivity contribution in [3.8, 4) is 0 Å². The first-order chi connectivity index (χ1) is 6.56. The lowest BCUT2D eigenvalue weighted by Gasteiger charge is -2.11. The Bertz CT molecular complexity index is 357. The maximum Gasteiger partial charge on any atom is 0.131 e. The normalized spacial score (nSPS) is 13.5. The summed E-state index contributed by atoms with van der Waals surface area (Å²) < 4.78 is 26.2. The molecule has 1 atom stereocenters. The topological polar surface area (TPSA) is 26.0 Å². The van der Waals surface area contributed by atoms with Crippen molar-refractivity contribution in [1.82, 2.24) is 0 Å². The third-order valence-electron chi connectivity index (χ3n) is 1.93. The van der Waals surface area contributed by atoms with Crippen LogP contribution in [0.5, 0.6) is 0 Å². The minimum absolute atomic E-state index is 0.351. The lowest BCUT2D eigenvalue weighted by molar-refractivity contribution is 0.561. The van der Waals surface area contributed by atoms with Gasteiger partial charge in [-0.2, -0.15) is 0 Å². The summed E-state index contributed by atoms with van der Waals surface area (Å²) in [5.41, 5.74) is 6.45. The number of benzene rings is 1. The first-order valence-electron chi connectivity index (χ1n) is 4.43. The minimum Gasteiger partial charge on any atom is -0.324 e. The van der Waals surface area contributed by atoms with Crippen molar-refractivity contribution in [2.75, 3.05) is 0 Å². The summed E-state index contributed by atoms with van der Waals surface area (Å²) >= 11 is 0. The van der Waals surface area contributed by atoms with Gasteiger partial charge < -0.3 is 5.73 Å². The van der Waals surface area contributed by atoms with Crippen molar-refractivity contribution >= 4 is 6.08 Å². The molecule has 0 aliphatic heterocycles. The molecule has 1 aromatic carbocycles. The molecule has 1 unspecified atom stereocenters. The van der Waals surface area contributed by atoms with Crippen molar-refractivity contribution in [3.05, 3.63) is 41.0 Å². The second kappa shape index (κ2) is 4.33. The van der Waals surface area contributed by atoms with Crippen molar-refractivity contribution in [1.29, 1.82) is 0 Å². The molecule has 0 amide bonds. The van der Waals surface area contributed by atoms with Gasteiger partial charge in [0, 0.05) is 17.7 Å². The molecule has 0 aliphatic rings. The highest BCUT2D eigenvalue weighted by Crippen LogP contribution is 2.22. The summed E-state index contributed by atoms with van der Waals surface area (Å²) in [5, 5.41) is 0. The zero-order valence-electron chi connectivity index (χ0n) is 8.22. The van der Waals surface area contributed by atoms with Gasteiger partial charge in [0.2, 0.25) is 0 Å². The fourth-order valence-corrected chi connectivity index (χ4v) is 1.40. The summed E-state index contributed by atoms with van der Waals surface area (Å²) in [6.45, 7) is 3.46. The smallest absolute Gasteiger partial charge is 0.131 e. The summed E-state index contributed by atoms with van der Waals surface area (Å²) in [5.74, 6) is -1.17. The molecule has 0 heterocycles. The van der Waals surface area contributed by atoms with Crippen LogP contribution in [-0.4, -0.2) is 0 Å². The van der Waals surface area contributed by atoms with Gasteiger partial charge in [-0.25, -0.2) is 8.78 Å². The van der Waals surface area contributed by atoms with E-state index in [2.05, 4.69) is 0 Å². The summed E-state index contributed by atoms with van der Waals surface area (Å²) in [4.78, 5) is 0. The van der Waals surface area contributed by atoms with E-state index in [1.165, 1.54) is 6.07 Å². The van der Waals surface area contributed by atoms with Crippen molar-refractivity contribution in [2.24, 2.45) is 5.73 Å². The van der Waals surface area contributed by atoms with Crippen LogP contribution < -0.4 is 5.73 Å². The van der Waals surface area contributed by atoms with Crippen LogP contribution in [0.4, 0.5) is 8.78 Å². The molecule has 1 nitrogen and oxygen atoms in total. The van der Waals surface area contributed by atoms with E-state index in [-0.39, 0.29) is 0 Å². The summed E-state index contributed by atoms with van der Waals surface area (Å²) in [6.07, 6.45) is 3.37. The molecule has 0 saturated carbocycles. The van der Waals surface area contributed by atoms with Crippen LogP contribution in [0.1, 0.15) is 31.0 Å². The van der Waals surface area contributed by atoms with Crippen LogP contribution >= 0.6 is 0 Å². The maximum absolute atomic E-state index is 13.3. The van der Waals surface area contributed by atoms with E-state index in [1.807, 2.05) is 0 Å². The standard InChI is InChI=1S/C11H13F2N/c1-3-4-8-5-9(12)6-10(13)11(8)7(2)14/h3-7H,14H2,1-2H3/b4-3+. The minimum atomic E-state index is -0.590. The van der Waals surface area contributed by atoms with Crippen LogP contribution in [-0.2, 0) is 0 Å². The highest BCUT2D eigenvalue weighted by Gasteiger charge is 2.12. The van der Waals surface area contributed by atoms with Crippen LogP contribution in [0.3, 0.4) is 0 Å². The number of halogens is 2. The molecule has 0 fully saturated rings. The van der Waals surface area contributed by atoms with E-state index < -0.39 is 17.7 Å². The van der Waals surface area contributed by atoms with Gasteiger partial charge in [-0.05, 0) is 25.5 Å². The molecule has 3 heteroatoms. The average Bonchev–Trinajstić information content (AvgIpc) is 2.01. The first-order valence-corrected chi connectivity index (χ1v) is 4.43. The lowest BCUT2D eigenvalue weighted by atomic mass is 10.0. The fourth-order valence-electron chi connectivity index (χ4n) is 1.40. The second-order valence-electron chi connectivity index (χ2n) is 3.18. The van der Waals surface area contributed by atoms with Gasteiger partial charge in [-0.15, -0.1) is 0 Å². The Balaban J connectivity index is 3.36. The van der Waals surface area contributed by atoms with E-state index in [4.69, 9.17) is 5.73 Å². The highest BCUT2D eigenvalue weighted by atomic mass is 19.1. The Kier molecular flexibility index (Phi) is 3.36. The third-order valence-corrected chi connectivity index (χ3v) is 1.93. The quantitative estimate of drug-likeness (QED) is 0.774. The molecule has 0 saturated heterocycles. The molecule has 0 bridgehead atoms. The zero-order valence-corrected chi connectivity index (χ0v) is 8.22. The van der Waals surface area contributed by atoms with Crippen molar-refractivity contribution < 1.29 is 8.78 Å². The SMILES string of the molecule is C/C=C/c1cc(F)cc(F)c1C(C)N. The number of hydrogen-bond acceptors (Lipinski definition) is 1. The molecular formula is C11H13F2N. The molecule has 0 spiro atoms. The molecule has 0 aliphatic carbocycles. The molecule has 1 aromatic rings. The average molecular weight is 197 g/mol. The summed E-state index contributed by atoms with van der Waals surface area (Å²) in [6, 6.07) is 1.69. The molecule has 14 heavy (non-hydrogen) atoms. The van der Waals surface area contributed by atoms with Gasteiger partial charge in [-0.1, -0.05) is 12.2 Å². The van der Waals surface area contributed by atoms with Gasteiger partial charge in [0.25, 0.3) is 0 Å². The van der Waals surface area contributed by atoms with E-state index in [0.717, 1.165) is 6.07 Å². The van der Waals surface area contributed by atoms with E-state index >= 15 is 0 Å². The molecule has 0 aromatic heterocycles. The van der Waals surface area contributed by atoms with Crippen molar-refractivity contribution in [2.45, 2.75) is 19.9 Å². The van der Waals surface area contributed by atoms with Gasteiger partial charge in [-0.3, -0.25) is 0 Å². The predicted octanol–water partition coefficient (Wildman–Crippen LogP) is 3.02. The first kappa shape index (κ1) is 10.9. The maximum atomic E-state index is 13.3. The fraction of sp³-hybridized carbons (Fsp3) is 0.273. The van der Waals surface area contributed by atoms with Crippen molar-refractivity contribution in [3.63, 3.8) is 0 Å². The number of nitrogens with two attached hydrogens (primary N) is 1. The van der Waals surface area contributed by atoms with Gasteiger partial charge >= 0.3 is 0 Å². The van der Waals surface area contributed by atoms with Crippen LogP contribution in [0.2, 0.25) is 0 Å². The Hall–Kier alpha value is -1.22. The molecule has 0 radical (unpaired) electrons. The second-order valence-corrected chi connectivity index (χ2v) is 3.18. The molecular weight excluding hydrogens is 184 g/mol.